The van der Waals surface area contributed by atoms with Crippen LogP contribution in [0.3, 0.4) is 0 Å². The maximum atomic E-state index is 15.2. The molecule has 0 saturated carbocycles. The highest BCUT2D eigenvalue weighted by atomic mass is 35.5. The van der Waals surface area contributed by atoms with Crippen LogP contribution in [0.2, 0.25) is 5.02 Å². The normalized spacial score (nSPS) is 15.3. The Kier molecular flexibility index (Phi) is 9.19. The minimum absolute atomic E-state index is 0.0119. The molecule has 1 aliphatic rings. The molecule has 39 heavy (non-hydrogen) atoms. The highest BCUT2D eigenvalue weighted by molar-refractivity contribution is 7.92. The summed E-state index contributed by atoms with van der Waals surface area (Å²) in [6.07, 6.45) is 4.88. The molecule has 3 N–H and O–H groups in total. The molecular weight excluding hydrogens is 554 g/mol. The van der Waals surface area contributed by atoms with Gasteiger partial charge in [-0.15, -0.1) is 0 Å². The Morgan fingerprint density at radius 3 is 2.67 bits per heavy atom. The van der Waals surface area contributed by atoms with Gasteiger partial charge < -0.3 is 19.9 Å². The van der Waals surface area contributed by atoms with E-state index in [0.29, 0.717) is 30.6 Å². The highest BCUT2D eigenvalue weighted by Crippen LogP contribution is 2.34. The summed E-state index contributed by atoms with van der Waals surface area (Å²) in [6.45, 7) is 1.57. The third-order valence-electron chi connectivity index (χ3n) is 5.88. The third kappa shape index (κ3) is 6.93. The zero-order valence-corrected chi connectivity index (χ0v) is 22.4. The van der Waals surface area contributed by atoms with E-state index in [2.05, 4.69) is 31.8 Å². The molecule has 0 spiro atoms. The monoisotopic (exact) mass is 578 g/mol. The first kappa shape index (κ1) is 28.5. The van der Waals surface area contributed by atoms with Crippen molar-refractivity contribution >= 4 is 33.3 Å². The summed E-state index contributed by atoms with van der Waals surface area (Å²) in [5, 5.41) is 12.7. The molecule has 1 saturated heterocycles. The van der Waals surface area contributed by atoms with Gasteiger partial charge in [0.2, 0.25) is 5.95 Å². The fourth-order valence-corrected chi connectivity index (χ4v) is 5.54. The molecule has 1 fully saturated rings. The molecular formula is C26H25ClF2N4O5S. The topological polar surface area (TPSA) is 123 Å². The van der Waals surface area contributed by atoms with E-state index in [4.69, 9.17) is 21.1 Å². The number of aliphatic hydroxyl groups is 1. The first-order valence-electron chi connectivity index (χ1n) is 11.9. The van der Waals surface area contributed by atoms with Crippen molar-refractivity contribution in [1.29, 1.82) is 0 Å². The number of hydrogen-bond donors (Lipinski definition) is 3. The molecule has 2 aromatic carbocycles. The Morgan fingerprint density at radius 1 is 1.23 bits per heavy atom. The molecule has 0 bridgehead atoms. The zero-order valence-electron chi connectivity index (χ0n) is 20.8. The van der Waals surface area contributed by atoms with Gasteiger partial charge >= 0.3 is 0 Å². The van der Waals surface area contributed by atoms with Crippen LogP contribution >= 0.6 is 11.6 Å². The van der Waals surface area contributed by atoms with Crippen molar-refractivity contribution in [3.63, 3.8) is 0 Å². The Morgan fingerprint density at radius 2 is 2.00 bits per heavy atom. The predicted octanol–water partition coefficient (Wildman–Crippen LogP) is 3.95. The van der Waals surface area contributed by atoms with Crippen molar-refractivity contribution in [2.75, 3.05) is 36.9 Å². The maximum Gasteiger partial charge on any atom is 0.265 e. The van der Waals surface area contributed by atoms with Crippen LogP contribution in [0.25, 0.3) is 0 Å². The number of aliphatic hydroxyl groups excluding tert-OH is 1. The average molecular weight is 579 g/mol. The van der Waals surface area contributed by atoms with Crippen molar-refractivity contribution in [2.45, 2.75) is 24.3 Å². The number of benzene rings is 2. The molecule has 13 heteroatoms. The molecule has 3 aromatic rings. The van der Waals surface area contributed by atoms with Gasteiger partial charge in [-0.3, -0.25) is 4.72 Å². The van der Waals surface area contributed by atoms with Gasteiger partial charge in [0, 0.05) is 36.1 Å². The van der Waals surface area contributed by atoms with Crippen LogP contribution < -0.4 is 14.8 Å². The van der Waals surface area contributed by atoms with Gasteiger partial charge in [-0.05, 0) is 43.0 Å². The SMILES string of the molecule is COc1c(CO)cc(Cl)cc1S(=O)(=O)Nc1ccc(F)c(C#Cc2cnc(NCC3CCCOC3)nc2)c1F. The Bertz CT molecular complexity index is 1510. The van der Waals surface area contributed by atoms with Crippen LogP contribution in [0, 0.1) is 29.4 Å². The Balaban J connectivity index is 1.54. The van der Waals surface area contributed by atoms with Gasteiger partial charge in [-0.25, -0.2) is 27.2 Å². The average Bonchev–Trinajstić information content (AvgIpc) is 2.94. The van der Waals surface area contributed by atoms with E-state index >= 15 is 4.39 Å². The summed E-state index contributed by atoms with van der Waals surface area (Å²) in [6, 6.07) is 4.24. The van der Waals surface area contributed by atoms with E-state index in [0.717, 1.165) is 37.6 Å². The number of anilines is 2. The fraction of sp³-hybridized carbons (Fsp3) is 0.308. The number of sulfonamides is 1. The van der Waals surface area contributed by atoms with Crippen LogP contribution in [0.4, 0.5) is 20.4 Å². The van der Waals surface area contributed by atoms with Crippen LogP contribution in [0.5, 0.6) is 5.75 Å². The second-order valence-corrected chi connectivity index (χ2v) is 10.7. The van der Waals surface area contributed by atoms with E-state index in [-0.39, 0.29) is 16.3 Å². The number of nitrogens with one attached hydrogen (secondary N) is 2. The van der Waals surface area contributed by atoms with Crippen molar-refractivity contribution in [2.24, 2.45) is 5.92 Å². The zero-order chi connectivity index (χ0) is 28.0. The number of hydrogen-bond acceptors (Lipinski definition) is 8. The van der Waals surface area contributed by atoms with E-state index in [1.165, 1.54) is 25.6 Å². The molecule has 0 aliphatic carbocycles. The first-order chi connectivity index (χ1) is 18.7. The molecule has 1 unspecified atom stereocenters. The lowest BCUT2D eigenvalue weighted by Gasteiger charge is -2.22. The van der Waals surface area contributed by atoms with E-state index in [1.54, 1.807) is 0 Å². The summed E-state index contributed by atoms with van der Waals surface area (Å²) < 4.78 is 68.4. The molecule has 1 atom stereocenters. The molecule has 0 radical (unpaired) electrons. The molecule has 9 nitrogen and oxygen atoms in total. The summed E-state index contributed by atoms with van der Waals surface area (Å²) in [4.78, 5) is 7.91. The number of nitrogens with zero attached hydrogens (tertiary/aromatic N) is 2. The van der Waals surface area contributed by atoms with Crippen molar-refractivity contribution < 1.29 is 31.8 Å². The second-order valence-electron chi connectivity index (χ2n) is 8.65. The molecule has 0 amide bonds. The summed E-state index contributed by atoms with van der Waals surface area (Å²) in [7, 11) is -3.25. The lowest BCUT2D eigenvalue weighted by Crippen LogP contribution is -2.24. The van der Waals surface area contributed by atoms with Crippen molar-refractivity contribution in [3.8, 4) is 17.6 Å². The Labute approximate surface area is 229 Å². The van der Waals surface area contributed by atoms with Crippen LogP contribution in [-0.2, 0) is 21.4 Å². The van der Waals surface area contributed by atoms with E-state index in [9.17, 15) is 17.9 Å². The van der Waals surface area contributed by atoms with Gasteiger partial charge in [0.25, 0.3) is 10.0 Å². The number of aromatic nitrogens is 2. The molecule has 1 aromatic heterocycles. The van der Waals surface area contributed by atoms with Crippen LogP contribution in [-0.4, -0.2) is 50.4 Å². The number of halogens is 3. The molecule has 2 heterocycles. The Hall–Kier alpha value is -3.50. The smallest absolute Gasteiger partial charge is 0.265 e. The second kappa shape index (κ2) is 12.6. The lowest BCUT2D eigenvalue weighted by atomic mass is 10.0. The first-order valence-corrected chi connectivity index (χ1v) is 13.7. The van der Waals surface area contributed by atoms with E-state index < -0.39 is 44.4 Å². The van der Waals surface area contributed by atoms with Crippen LogP contribution in [0.1, 0.15) is 29.5 Å². The fourth-order valence-electron chi connectivity index (χ4n) is 3.94. The van der Waals surface area contributed by atoms with Gasteiger partial charge in [-0.2, -0.15) is 0 Å². The number of methoxy groups -OCH3 is 1. The van der Waals surface area contributed by atoms with Gasteiger partial charge in [0.15, 0.2) is 5.82 Å². The van der Waals surface area contributed by atoms with Gasteiger partial charge in [-0.1, -0.05) is 23.4 Å². The molecule has 206 valence electrons. The minimum atomic E-state index is -4.46. The lowest BCUT2D eigenvalue weighted by molar-refractivity contribution is 0.0594. The van der Waals surface area contributed by atoms with Crippen molar-refractivity contribution in [3.05, 3.63) is 70.0 Å². The summed E-state index contributed by atoms with van der Waals surface area (Å²) >= 11 is 5.99. The summed E-state index contributed by atoms with van der Waals surface area (Å²) in [5.41, 5.74) is -0.783. The van der Waals surface area contributed by atoms with Crippen LogP contribution in [0.15, 0.2) is 41.6 Å². The number of rotatable bonds is 8. The standard InChI is InChI=1S/C26H25ClF2N4O5S/c1-37-25-18(14-34)9-19(27)10-23(25)39(35,36)33-22-7-6-21(28)20(24(22)29)5-4-16-11-30-26(31-12-16)32-13-17-3-2-8-38-15-17/h6-7,9-12,17,33-34H,2-3,8,13-15H2,1H3,(H,30,31,32). The molecule has 4 rings (SSSR count). The van der Waals surface area contributed by atoms with E-state index in [1.807, 2.05) is 0 Å². The number of ether oxygens (including phenoxy) is 2. The third-order valence-corrected chi connectivity index (χ3v) is 7.47. The summed E-state index contributed by atoms with van der Waals surface area (Å²) in [5.74, 6) is 3.37. The van der Waals surface area contributed by atoms with Gasteiger partial charge in [0.05, 0.1) is 37.1 Å². The van der Waals surface area contributed by atoms with Gasteiger partial charge in [0.1, 0.15) is 16.5 Å². The van der Waals surface area contributed by atoms with Crippen molar-refractivity contribution in [1.82, 2.24) is 9.97 Å². The predicted molar refractivity (Wildman–Crippen MR) is 141 cm³/mol. The minimum Gasteiger partial charge on any atom is -0.495 e. The molecule has 1 aliphatic heterocycles. The highest BCUT2D eigenvalue weighted by Gasteiger charge is 2.25. The maximum absolute atomic E-state index is 15.2. The quantitative estimate of drug-likeness (QED) is 0.344. The largest absolute Gasteiger partial charge is 0.495 e.